The first-order valence-electron chi connectivity index (χ1n) is 15.1. The summed E-state index contributed by atoms with van der Waals surface area (Å²) >= 11 is 0. The Balaban J connectivity index is 1.65. The molecule has 0 spiro atoms. The molecule has 0 aromatic heterocycles. The molecule has 1 aliphatic carbocycles. The molecule has 0 fully saturated rings. The van der Waals surface area contributed by atoms with Gasteiger partial charge in [-0.05, 0) is 53.7 Å². The van der Waals surface area contributed by atoms with E-state index in [9.17, 15) is 14.7 Å². The van der Waals surface area contributed by atoms with Crippen LogP contribution in [0.15, 0.2) is 109 Å². The van der Waals surface area contributed by atoms with E-state index in [1.54, 1.807) is 12.1 Å². The first-order chi connectivity index (χ1) is 21.6. The Morgan fingerprint density at radius 1 is 0.955 bits per heavy atom. The van der Waals surface area contributed by atoms with Crippen LogP contribution < -0.4 is 0 Å². The summed E-state index contributed by atoms with van der Waals surface area (Å²) in [7, 11) is 0. The second-order valence-corrected chi connectivity index (χ2v) is 10.4. The number of rotatable bonds is 18. The van der Waals surface area contributed by atoms with Gasteiger partial charge in [0.2, 0.25) is 6.41 Å². The molecular weight excluding hydrogens is 558 g/mol. The number of hydroxylamine groups is 2. The van der Waals surface area contributed by atoms with Crippen molar-refractivity contribution >= 4 is 12.4 Å². The number of allylic oxidation sites excluding steroid dienone is 2. The van der Waals surface area contributed by atoms with Gasteiger partial charge in [0.25, 0.3) is 0 Å². The average molecular weight is 600 g/mol. The van der Waals surface area contributed by atoms with Crippen molar-refractivity contribution in [1.82, 2.24) is 5.06 Å². The molecule has 0 aliphatic heterocycles. The Hall–Kier alpha value is -4.08. The lowest BCUT2D eigenvalue weighted by Crippen LogP contribution is -2.37. The smallest absolute Gasteiger partial charge is 0.363 e. The molecule has 232 valence electrons. The summed E-state index contributed by atoms with van der Waals surface area (Å²) in [5, 5.41) is 10.2. The zero-order valence-corrected chi connectivity index (χ0v) is 25.2. The normalized spacial score (nSPS) is 15.7. The fraction of sp³-hybridized carbons (Fsp3) is 0.333. The standard InChI is InChI=1S/C36H41NO7/c1-2-23-41-28-37(27-39)44-35(40)30-18-20-32(21-19-30)36(31-14-7-4-8-15-31,33-16-9-17-34(26-33)42-25-22-38)43-24-10-13-29-11-5-3-6-12-29/h3-9,11-12,14-21,27,34,38H,2,10,13,22-26,28H2,1H3. The molecule has 2 atom stereocenters. The largest absolute Gasteiger partial charge is 0.394 e. The van der Waals surface area contributed by atoms with Crippen LogP contribution >= 0.6 is 0 Å². The van der Waals surface area contributed by atoms with E-state index in [4.69, 9.17) is 19.0 Å². The van der Waals surface area contributed by atoms with Gasteiger partial charge in [-0.25, -0.2) is 4.79 Å². The fourth-order valence-corrected chi connectivity index (χ4v) is 5.22. The van der Waals surface area contributed by atoms with E-state index in [0.717, 1.165) is 41.0 Å². The van der Waals surface area contributed by atoms with Gasteiger partial charge in [0.05, 0.1) is 24.9 Å². The van der Waals surface area contributed by atoms with Crippen molar-refractivity contribution in [2.45, 2.75) is 44.3 Å². The maximum Gasteiger partial charge on any atom is 0.363 e. The average Bonchev–Trinajstić information content (AvgIpc) is 3.08. The van der Waals surface area contributed by atoms with E-state index in [0.29, 0.717) is 26.0 Å². The molecule has 0 saturated heterocycles. The van der Waals surface area contributed by atoms with E-state index >= 15 is 0 Å². The van der Waals surface area contributed by atoms with Gasteiger partial charge >= 0.3 is 5.97 Å². The maximum absolute atomic E-state index is 12.9. The molecule has 0 bridgehead atoms. The molecule has 44 heavy (non-hydrogen) atoms. The number of carbonyl (C=O) groups excluding carboxylic acids is 2. The molecule has 1 aliphatic rings. The number of amides is 1. The molecule has 1 amide bonds. The quantitative estimate of drug-likeness (QED) is 0.0860. The lowest BCUT2D eigenvalue weighted by Gasteiger charge is -2.39. The van der Waals surface area contributed by atoms with Gasteiger partial charge < -0.3 is 24.2 Å². The van der Waals surface area contributed by atoms with Crippen LogP contribution in [0.5, 0.6) is 0 Å². The molecule has 8 heteroatoms. The Kier molecular flexibility index (Phi) is 12.9. The molecule has 1 N–H and O–H groups in total. The highest BCUT2D eigenvalue weighted by Crippen LogP contribution is 2.44. The van der Waals surface area contributed by atoms with Gasteiger partial charge in [-0.3, -0.25) is 4.79 Å². The Morgan fingerprint density at radius 3 is 2.34 bits per heavy atom. The summed E-state index contributed by atoms with van der Waals surface area (Å²) in [6.45, 7) is 2.90. The zero-order chi connectivity index (χ0) is 31.0. The molecule has 8 nitrogen and oxygen atoms in total. The second kappa shape index (κ2) is 17.3. The highest BCUT2D eigenvalue weighted by molar-refractivity contribution is 5.89. The third-order valence-electron chi connectivity index (χ3n) is 7.28. The van der Waals surface area contributed by atoms with Crippen molar-refractivity contribution in [3.63, 3.8) is 0 Å². The van der Waals surface area contributed by atoms with Crippen LogP contribution in [0.25, 0.3) is 0 Å². The molecule has 2 unspecified atom stereocenters. The summed E-state index contributed by atoms with van der Waals surface area (Å²) in [6.07, 6.45) is 9.20. The van der Waals surface area contributed by atoms with Crippen molar-refractivity contribution < 1.29 is 33.7 Å². The van der Waals surface area contributed by atoms with E-state index in [1.165, 1.54) is 5.56 Å². The lowest BCUT2D eigenvalue weighted by molar-refractivity contribution is -0.175. The lowest BCUT2D eigenvalue weighted by atomic mass is 9.76. The van der Waals surface area contributed by atoms with Gasteiger partial charge in [-0.1, -0.05) is 97.9 Å². The fourth-order valence-electron chi connectivity index (χ4n) is 5.22. The third kappa shape index (κ3) is 8.74. The highest BCUT2D eigenvalue weighted by Gasteiger charge is 2.40. The minimum absolute atomic E-state index is 0.0625. The minimum Gasteiger partial charge on any atom is -0.394 e. The van der Waals surface area contributed by atoms with Crippen LogP contribution in [0.1, 0.15) is 53.2 Å². The SMILES string of the molecule is CCCOCN(C=O)OC(=O)c1ccc(C(OCCCc2ccccc2)(C2=CC=CC(OCCO)C2)c2ccccc2)cc1. The molecule has 3 aromatic rings. The topological polar surface area (TPSA) is 94.5 Å². The van der Waals surface area contributed by atoms with E-state index in [1.807, 2.05) is 79.7 Å². The van der Waals surface area contributed by atoms with E-state index in [-0.39, 0.29) is 31.6 Å². The number of aliphatic hydroxyl groups is 1. The Bertz CT molecular complexity index is 1360. The van der Waals surface area contributed by atoms with Crippen LogP contribution in [0.3, 0.4) is 0 Å². The summed E-state index contributed by atoms with van der Waals surface area (Å²) in [4.78, 5) is 29.6. The number of aliphatic hydroxyl groups excluding tert-OH is 1. The number of aryl methyl sites for hydroxylation is 1. The number of carbonyl (C=O) groups is 2. The van der Waals surface area contributed by atoms with Crippen molar-refractivity contribution in [3.8, 4) is 0 Å². The Morgan fingerprint density at radius 2 is 1.66 bits per heavy atom. The van der Waals surface area contributed by atoms with Gasteiger partial charge in [0.15, 0.2) is 6.73 Å². The summed E-state index contributed by atoms with van der Waals surface area (Å²) in [6, 6.07) is 27.4. The van der Waals surface area contributed by atoms with Crippen LogP contribution in [0.2, 0.25) is 0 Å². The van der Waals surface area contributed by atoms with Crippen LogP contribution in [-0.4, -0.2) is 61.8 Å². The monoisotopic (exact) mass is 599 g/mol. The number of nitrogens with zero attached hydrogens (tertiary/aromatic N) is 1. The van der Waals surface area contributed by atoms with Crippen molar-refractivity contribution in [3.05, 3.63) is 131 Å². The zero-order valence-electron chi connectivity index (χ0n) is 25.2. The van der Waals surface area contributed by atoms with E-state index in [2.05, 4.69) is 18.2 Å². The predicted molar refractivity (Wildman–Crippen MR) is 167 cm³/mol. The van der Waals surface area contributed by atoms with Crippen molar-refractivity contribution in [1.29, 1.82) is 0 Å². The van der Waals surface area contributed by atoms with E-state index < -0.39 is 11.6 Å². The van der Waals surface area contributed by atoms with Crippen LogP contribution in [0.4, 0.5) is 0 Å². The first-order valence-corrected chi connectivity index (χ1v) is 15.1. The third-order valence-corrected chi connectivity index (χ3v) is 7.28. The Labute approximate surface area is 259 Å². The van der Waals surface area contributed by atoms with Gasteiger partial charge in [-0.15, -0.1) is 5.06 Å². The molecule has 0 radical (unpaired) electrons. The molecule has 3 aromatic carbocycles. The molecule has 4 rings (SSSR count). The van der Waals surface area contributed by atoms with Crippen LogP contribution in [0, 0.1) is 0 Å². The first kappa shape index (κ1) is 32.8. The van der Waals surface area contributed by atoms with Crippen molar-refractivity contribution in [2.24, 2.45) is 0 Å². The highest BCUT2D eigenvalue weighted by atomic mass is 16.7. The maximum atomic E-state index is 12.9. The summed E-state index contributed by atoms with van der Waals surface area (Å²) in [5.41, 5.74) is 3.31. The van der Waals surface area contributed by atoms with Gasteiger partial charge in [0.1, 0.15) is 5.60 Å². The predicted octanol–water partition coefficient (Wildman–Crippen LogP) is 5.76. The number of benzene rings is 3. The second-order valence-electron chi connectivity index (χ2n) is 10.4. The molecule has 0 saturated carbocycles. The van der Waals surface area contributed by atoms with Crippen molar-refractivity contribution in [2.75, 3.05) is 33.2 Å². The van der Waals surface area contributed by atoms with Gasteiger partial charge in [-0.2, -0.15) is 0 Å². The van der Waals surface area contributed by atoms with Gasteiger partial charge in [0, 0.05) is 19.6 Å². The van der Waals surface area contributed by atoms with Crippen LogP contribution in [-0.2, 0) is 35.9 Å². The number of hydrogen-bond donors (Lipinski definition) is 1. The minimum atomic E-state index is -0.977. The molecule has 0 heterocycles. The summed E-state index contributed by atoms with van der Waals surface area (Å²) < 4.78 is 18.2. The summed E-state index contributed by atoms with van der Waals surface area (Å²) in [5.74, 6) is -0.671. The number of ether oxygens (including phenoxy) is 3. The number of hydrogen-bond acceptors (Lipinski definition) is 7. The molecular formula is C36H41NO7.